The van der Waals surface area contributed by atoms with E-state index >= 15 is 0 Å². The number of benzene rings is 7. The molecule has 2 heteroatoms. The van der Waals surface area contributed by atoms with Gasteiger partial charge in [-0.2, -0.15) is 0 Å². The number of para-hydroxylation sites is 3. The van der Waals surface area contributed by atoms with Gasteiger partial charge in [0.1, 0.15) is 0 Å². The molecule has 7 aromatic carbocycles. The summed E-state index contributed by atoms with van der Waals surface area (Å²) in [5.41, 5.74) is 7.33. The van der Waals surface area contributed by atoms with Crippen molar-refractivity contribution in [3.63, 3.8) is 0 Å². The molecule has 0 aliphatic heterocycles. The number of rotatable bonds is 2. The molecule has 40 heavy (non-hydrogen) atoms. The zero-order valence-electron chi connectivity index (χ0n) is 21.8. The maximum Gasteiger partial charge on any atom is 0.0619 e. The van der Waals surface area contributed by atoms with E-state index in [1.54, 1.807) is 0 Å². The molecule has 9 rings (SSSR count). The fraction of sp³-hybridized carbons (Fsp3) is 0. The quantitative estimate of drug-likeness (QED) is 0.220. The summed E-state index contributed by atoms with van der Waals surface area (Å²) in [6.45, 7) is 0. The molecule has 0 unspecified atom stereocenters. The van der Waals surface area contributed by atoms with Crippen LogP contribution in [0.15, 0.2) is 146 Å². The third-order valence-electron chi connectivity index (χ3n) is 8.46. The van der Waals surface area contributed by atoms with Gasteiger partial charge in [-0.1, -0.05) is 103 Å². The Hall–Kier alpha value is -5.34. The fourth-order valence-electron chi connectivity index (χ4n) is 6.76. The number of hydrogen-bond acceptors (Lipinski definition) is 0. The fourth-order valence-corrected chi connectivity index (χ4v) is 6.76. The molecule has 0 aliphatic rings. The smallest absolute Gasteiger partial charge is 0.0619 e. The highest BCUT2D eigenvalue weighted by Gasteiger charge is 2.19. The van der Waals surface area contributed by atoms with Crippen LogP contribution in [0.1, 0.15) is 0 Å². The van der Waals surface area contributed by atoms with E-state index in [4.69, 9.17) is 0 Å². The summed E-state index contributed by atoms with van der Waals surface area (Å²) in [7, 11) is 0. The molecule has 2 heterocycles. The van der Waals surface area contributed by atoms with E-state index in [0.29, 0.717) is 0 Å². The van der Waals surface area contributed by atoms with Gasteiger partial charge in [-0.15, -0.1) is 0 Å². The molecule has 9 aromatic rings. The highest BCUT2D eigenvalue weighted by molar-refractivity contribution is 6.23. The number of nitrogens with zero attached hydrogens (tertiary/aromatic N) is 2. The molecule has 0 bridgehead atoms. The lowest BCUT2D eigenvalue weighted by Gasteiger charge is -2.13. The summed E-state index contributed by atoms with van der Waals surface area (Å²) in [5, 5.41) is 10.1. The molecule has 0 atom stereocenters. The molecule has 2 aromatic heterocycles. The molecular formula is C38H24N2. The first-order valence-electron chi connectivity index (χ1n) is 13.8. The largest absolute Gasteiger partial charge is 0.309 e. The average Bonchev–Trinajstić information content (AvgIpc) is 3.53. The van der Waals surface area contributed by atoms with Crippen molar-refractivity contribution in [2.24, 2.45) is 0 Å². The van der Waals surface area contributed by atoms with E-state index in [-0.39, 0.29) is 0 Å². The Kier molecular flexibility index (Phi) is 4.36. The third kappa shape index (κ3) is 2.88. The summed E-state index contributed by atoms with van der Waals surface area (Å²) in [6.07, 6.45) is 0. The van der Waals surface area contributed by atoms with E-state index in [1.165, 1.54) is 76.5 Å². The van der Waals surface area contributed by atoms with Crippen LogP contribution < -0.4 is 0 Å². The monoisotopic (exact) mass is 508 g/mol. The summed E-state index contributed by atoms with van der Waals surface area (Å²) < 4.78 is 4.88. The predicted molar refractivity (Wildman–Crippen MR) is 170 cm³/mol. The van der Waals surface area contributed by atoms with E-state index in [0.717, 1.165) is 0 Å². The Morgan fingerprint density at radius 1 is 0.325 bits per heavy atom. The normalized spacial score (nSPS) is 12.0. The first kappa shape index (κ1) is 21.6. The van der Waals surface area contributed by atoms with Crippen LogP contribution in [0, 0.1) is 0 Å². The maximum atomic E-state index is 2.48. The van der Waals surface area contributed by atoms with Crippen LogP contribution in [-0.2, 0) is 0 Å². The summed E-state index contributed by atoms with van der Waals surface area (Å²) in [4.78, 5) is 0. The molecular weight excluding hydrogens is 484 g/mol. The number of hydrogen-bond donors (Lipinski definition) is 0. The van der Waals surface area contributed by atoms with E-state index in [1.807, 2.05) is 0 Å². The predicted octanol–water partition coefficient (Wildman–Crippen LogP) is 10.2. The summed E-state index contributed by atoms with van der Waals surface area (Å²) in [5.74, 6) is 0. The van der Waals surface area contributed by atoms with Crippen molar-refractivity contribution in [1.29, 1.82) is 0 Å². The van der Waals surface area contributed by atoms with Crippen LogP contribution in [0.3, 0.4) is 0 Å². The topological polar surface area (TPSA) is 9.86 Å². The van der Waals surface area contributed by atoms with Crippen molar-refractivity contribution in [1.82, 2.24) is 9.13 Å². The van der Waals surface area contributed by atoms with Gasteiger partial charge < -0.3 is 9.13 Å². The second-order valence-corrected chi connectivity index (χ2v) is 10.6. The molecule has 0 N–H and O–H groups in total. The maximum absolute atomic E-state index is 2.48. The van der Waals surface area contributed by atoms with Crippen LogP contribution in [0.2, 0.25) is 0 Å². The van der Waals surface area contributed by atoms with Gasteiger partial charge >= 0.3 is 0 Å². The van der Waals surface area contributed by atoms with Crippen molar-refractivity contribution in [2.75, 3.05) is 0 Å². The minimum Gasteiger partial charge on any atom is -0.309 e. The van der Waals surface area contributed by atoms with Crippen LogP contribution in [-0.4, -0.2) is 9.13 Å². The Balaban J connectivity index is 1.49. The first-order valence-corrected chi connectivity index (χ1v) is 13.8. The lowest BCUT2D eigenvalue weighted by molar-refractivity contribution is 1.18. The Morgan fingerprint density at radius 2 is 0.975 bits per heavy atom. The van der Waals surface area contributed by atoms with Gasteiger partial charge in [-0.25, -0.2) is 0 Å². The lowest BCUT2D eigenvalue weighted by atomic mass is 10.0. The van der Waals surface area contributed by atoms with Crippen molar-refractivity contribution in [2.45, 2.75) is 0 Å². The Bertz CT molecular complexity index is 2420. The standard InChI is InChI=1S/C38H24N2/c1-2-13-27(14-3-1)39-35-18-8-7-17-30(35)33-24-32-26(23-37(33)39)21-22-31-29-16-6-9-19-36(29)40(38(31)32)34-20-10-12-25-11-4-5-15-28(25)34/h1-24H. The van der Waals surface area contributed by atoms with Crippen molar-refractivity contribution < 1.29 is 0 Å². The SMILES string of the molecule is c1ccc(-n2c3ccccc3c3cc4c(ccc5c6ccccc6n(-c6cccc7ccccc67)c45)cc32)cc1. The highest BCUT2D eigenvalue weighted by atomic mass is 15.0. The molecule has 0 radical (unpaired) electrons. The molecule has 0 aliphatic carbocycles. The molecule has 0 fully saturated rings. The van der Waals surface area contributed by atoms with Crippen molar-refractivity contribution in [3.05, 3.63) is 146 Å². The number of aromatic nitrogens is 2. The van der Waals surface area contributed by atoms with E-state index < -0.39 is 0 Å². The second-order valence-electron chi connectivity index (χ2n) is 10.6. The van der Waals surface area contributed by atoms with Gasteiger partial charge in [-0.05, 0) is 53.2 Å². The van der Waals surface area contributed by atoms with Gasteiger partial charge in [-0.3, -0.25) is 0 Å². The van der Waals surface area contributed by atoms with Gasteiger partial charge in [0.05, 0.1) is 27.8 Å². The zero-order chi connectivity index (χ0) is 26.2. The van der Waals surface area contributed by atoms with Gasteiger partial charge in [0.15, 0.2) is 0 Å². The minimum atomic E-state index is 1.18. The Labute approximate surface area is 230 Å². The molecule has 0 saturated heterocycles. The van der Waals surface area contributed by atoms with Gasteiger partial charge in [0, 0.05) is 38.0 Å². The van der Waals surface area contributed by atoms with Crippen LogP contribution in [0.5, 0.6) is 0 Å². The molecule has 2 nitrogen and oxygen atoms in total. The second kappa shape index (κ2) is 8.08. The van der Waals surface area contributed by atoms with Crippen molar-refractivity contribution in [3.8, 4) is 11.4 Å². The highest BCUT2D eigenvalue weighted by Crippen LogP contribution is 2.41. The number of fused-ring (bicyclic) bond motifs is 9. The summed E-state index contributed by atoms with van der Waals surface area (Å²) in [6, 6.07) is 53.0. The Morgan fingerprint density at radius 3 is 1.80 bits per heavy atom. The van der Waals surface area contributed by atoms with Gasteiger partial charge in [0.25, 0.3) is 0 Å². The molecule has 0 amide bonds. The van der Waals surface area contributed by atoms with E-state index in [2.05, 4.69) is 155 Å². The molecule has 186 valence electrons. The first-order chi connectivity index (χ1) is 19.9. The summed E-state index contributed by atoms with van der Waals surface area (Å²) >= 11 is 0. The minimum absolute atomic E-state index is 1.18. The molecule has 0 spiro atoms. The van der Waals surface area contributed by atoms with E-state index in [9.17, 15) is 0 Å². The van der Waals surface area contributed by atoms with Crippen LogP contribution >= 0.6 is 0 Å². The lowest BCUT2D eigenvalue weighted by Crippen LogP contribution is -1.96. The molecule has 0 saturated carbocycles. The third-order valence-corrected chi connectivity index (χ3v) is 8.46. The van der Waals surface area contributed by atoms with Crippen LogP contribution in [0.25, 0.3) is 76.5 Å². The average molecular weight is 509 g/mol. The van der Waals surface area contributed by atoms with Crippen LogP contribution in [0.4, 0.5) is 0 Å². The van der Waals surface area contributed by atoms with Crippen molar-refractivity contribution >= 4 is 65.2 Å². The zero-order valence-corrected chi connectivity index (χ0v) is 21.8. The van der Waals surface area contributed by atoms with Gasteiger partial charge in [0.2, 0.25) is 0 Å².